The van der Waals surface area contributed by atoms with Gasteiger partial charge in [-0.2, -0.15) is 0 Å². The van der Waals surface area contributed by atoms with Gasteiger partial charge in [-0.15, -0.1) is 0 Å². The summed E-state index contributed by atoms with van der Waals surface area (Å²) in [5, 5.41) is 16.1. The van der Waals surface area contributed by atoms with Crippen molar-refractivity contribution >= 4 is 17.6 Å². The molecule has 0 aliphatic rings. The Kier molecular flexibility index (Phi) is 10.1. The molecule has 2 aromatic rings. The third-order valence-corrected chi connectivity index (χ3v) is 4.30. The molecule has 0 aliphatic heterocycles. The summed E-state index contributed by atoms with van der Waals surface area (Å²) in [5.41, 5.74) is 0.978. The van der Waals surface area contributed by atoms with Crippen LogP contribution in [0.3, 0.4) is 0 Å². The van der Waals surface area contributed by atoms with E-state index in [4.69, 9.17) is 30.9 Å². The Labute approximate surface area is 183 Å². The SMILES string of the molecule is CCNC(=NCc1ccc(OCCO)c(OC)c1)NCC(C)Oc1ccc(Cl)cc1. The molecule has 0 amide bonds. The van der Waals surface area contributed by atoms with Crippen molar-refractivity contribution in [3.8, 4) is 17.2 Å². The highest BCUT2D eigenvalue weighted by Crippen LogP contribution is 2.28. The molecule has 8 heteroatoms. The fraction of sp³-hybridized carbons (Fsp3) is 0.409. The van der Waals surface area contributed by atoms with Crippen LogP contribution in [0, 0.1) is 0 Å². The van der Waals surface area contributed by atoms with Crippen molar-refractivity contribution in [2.75, 3.05) is 33.4 Å². The maximum Gasteiger partial charge on any atom is 0.191 e. The van der Waals surface area contributed by atoms with Gasteiger partial charge >= 0.3 is 0 Å². The molecule has 0 bridgehead atoms. The fourth-order valence-electron chi connectivity index (χ4n) is 2.62. The standard InChI is InChI=1S/C22H30ClN3O4/c1-4-24-22(25-14-16(2)30-19-8-6-18(23)7-9-19)26-15-17-5-10-20(29-12-11-27)21(13-17)28-3/h5-10,13,16,27H,4,11-12,14-15H2,1-3H3,(H2,24,25,26). The molecule has 0 fully saturated rings. The smallest absolute Gasteiger partial charge is 0.191 e. The van der Waals surface area contributed by atoms with Crippen LogP contribution in [-0.2, 0) is 6.54 Å². The third kappa shape index (κ3) is 8.00. The van der Waals surface area contributed by atoms with E-state index in [1.165, 1.54) is 0 Å². The van der Waals surface area contributed by atoms with Gasteiger partial charge in [-0.25, -0.2) is 4.99 Å². The van der Waals surface area contributed by atoms with E-state index < -0.39 is 0 Å². The topological polar surface area (TPSA) is 84.3 Å². The van der Waals surface area contributed by atoms with Crippen LogP contribution in [0.25, 0.3) is 0 Å². The van der Waals surface area contributed by atoms with Crippen LogP contribution in [-0.4, -0.2) is 50.6 Å². The Balaban J connectivity index is 1.93. The molecule has 3 N–H and O–H groups in total. The van der Waals surface area contributed by atoms with Crippen LogP contribution in [0.15, 0.2) is 47.5 Å². The van der Waals surface area contributed by atoms with Gasteiger partial charge < -0.3 is 30.0 Å². The third-order valence-electron chi connectivity index (χ3n) is 4.05. The van der Waals surface area contributed by atoms with Crippen molar-refractivity contribution in [2.24, 2.45) is 4.99 Å². The molecule has 2 aromatic carbocycles. The quantitative estimate of drug-likeness (QED) is 0.371. The molecule has 164 valence electrons. The molecule has 0 aliphatic carbocycles. The summed E-state index contributed by atoms with van der Waals surface area (Å²) in [6.45, 7) is 5.98. The van der Waals surface area contributed by atoms with Crippen molar-refractivity contribution < 1.29 is 19.3 Å². The van der Waals surface area contributed by atoms with Gasteiger partial charge in [-0.3, -0.25) is 0 Å². The Morgan fingerprint density at radius 2 is 1.90 bits per heavy atom. The average molecular weight is 436 g/mol. The first-order valence-corrected chi connectivity index (χ1v) is 10.3. The number of halogens is 1. The van der Waals surface area contributed by atoms with Crippen LogP contribution < -0.4 is 24.8 Å². The molecule has 7 nitrogen and oxygen atoms in total. The Morgan fingerprint density at radius 3 is 2.57 bits per heavy atom. The van der Waals surface area contributed by atoms with Crippen molar-refractivity contribution in [3.63, 3.8) is 0 Å². The number of benzene rings is 2. The number of hydrogen-bond acceptors (Lipinski definition) is 5. The van der Waals surface area contributed by atoms with E-state index >= 15 is 0 Å². The van der Waals surface area contributed by atoms with E-state index in [1.807, 2.05) is 44.2 Å². The number of rotatable bonds is 11. The predicted octanol–water partition coefficient (Wildman–Crippen LogP) is 3.24. The zero-order valence-corrected chi connectivity index (χ0v) is 18.4. The van der Waals surface area contributed by atoms with Gasteiger partial charge in [0.2, 0.25) is 0 Å². The van der Waals surface area contributed by atoms with E-state index in [0.29, 0.717) is 35.6 Å². The van der Waals surface area contributed by atoms with Gasteiger partial charge in [-0.05, 0) is 55.8 Å². The van der Waals surface area contributed by atoms with Crippen LogP contribution in [0.1, 0.15) is 19.4 Å². The van der Waals surface area contributed by atoms with Crippen LogP contribution >= 0.6 is 11.6 Å². The molecule has 2 rings (SSSR count). The molecule has 1 atom stereocenters. The second-order valence-electron chi connectivity index (χ2n) is 6.52. The molecule has 0 heterocycles. The zero-order valence-electron chi connectivity index (χ0n) is 17.7. The summed E-state index contributed by atoms with van der Waals surface area (Å²) in [6.07, 6.45) is -0.0573. The number of guanidine groups is 1. The van der Waals surface area contributed by atoms with Crippen molar-refractivity contribution in [1.29, 1.82) is 0 Å². The minimum Gasteiger partial charge on any atom is -0.493 e. The summed E-state index contributed by atoms with van der Waals surface area (Å²) in [5.74, 6) is 2.67. The molecular weight excluding hydrogens is 406 g/mol. The lowest BCUT2D eigenvalue weighted by atomic mass is 10.2. The highest BCUT2D eigenvalue weighted by molar-refractivity contribution is 6.30. The lowest BCUT2D eigenvalue weighted by Gasteiger charge is -2.18. The van der Waals surface area contributed by atoms with Gasteiger partial charge in [0.1, 0.15) is 18.5 Å². The van der Waals surface area contributed by atoms with Gasteiger partial charge in [0.25, 0.3) is 0 Å². The molecule has 0 spiro atoms. The highest BCUT2D eigenvalue weighted by Gasteiger charge is 2.08. The first-order chi connectivity index (χ1) is 14.5. The Bertz CT molecular complexity index is 799. The molecule has 0 saturated heterocycles. The highest BCUT2D eigenvalue weighted by atomic mass is 35.5. The lowest BCUT2D eigenvalue weighted by molar-refractivity contribution is 0.196. The number of hydrogen-bond donors (Lipinski definition) is 3. The van der Waals surface area contributed by atoms with Crippen LogP contribution in [0.4, 0.5) is 0 Å². The minimum atomic E-state index is -0.0573. The van der Waals surface area contributed by atoms with Crippen molar-refractivity contribution in [1.82, 2.24) is 10.6 Å². The number of aliphatic hydroxyl groups excluding tert-OH is 1. The number of methoxy groups -OCH3 is 1. The summed E-state index contributed by atoms with van der Waals surface area (Å²) >= 11 is 5.90. The molecule has 0 saturated carbocycles. The number of nitrogens with zero attached hydrogens (tertiary/aromatic N) is 1. The summed E-state index contributed by atoms with van der Waals surface area (Å²) in [6, 6.07) is 12.9. The number of nitrogens with one attached hydrogen (secondary N) is 2. The van der Waals surface area contributed by atoms with E-state index in [0.717, 1.165) is 17.9 Å². The van der Waals surface area contributed by atoms with Crippen LogP contribution in [0.5, 0.6) is 17.2 Å². The molecule has 0 aromatic heterocycles. The van der Waals surface area contributed by atoms with Gasteiger partial charge in [0.05, 0.1) is 26.8 Å². The van der Waals surface area contributed by atoms with Crippen molar-refractivity contribution in [3.05, 3.63) is 53.1 Å². The van der Waals surface area contributed by atoms with Crippen LogP contribution in [0.2, 0.25) is 5.02 Å². The second kappa shape index (κ2) is 12.8. The zero-order chi connectivity index (χ0) is 21.8. The second-order valence-corrected chi connectivity index (χ2v) is 6.95. The van der Waals surface area contributed by atoms with E-state index in [2.05, 4.69) is 15.6 Å². The number of aliphatic imine (C=N–C) groups is 1. The van der Waals surface area contributed by atoms with Crippen molar-refractivity contribution in [2.45, 2.75) is 26.5 Å². The minimum absolute atomic E-state index is 0.0485. The van der Waals surface area contributed by atoms with E-state index in [1.54, 1.807) is 19.2 Å². The van der Waals surface area contributed by atoms with Gasteiger partial charge in [0.15, 0.2) is 17.5 Å². The number of ether oxygens (including phenoxy) is 3. The molecule has 0 radical (unpaired) electrons. The fourth-order valence-corrected chi connectivity index (χ4v) is 2.75. The average Bonchev–Trinajstić information content (AvgIpc) is 2.76. The van der Waals surface area contributed by atoms with Gasteiger partial charge in [-0.1, -0.05) is 17.7 Å². The first-order valence-electron chi connectivity index (χ1n) is 9.90. The molecular formula is C22H30ClN3O4. The Hall–Kier alpha value is -2.64. The van der Waals surface area contributed by atoms with Gasteiger partial charge in [0, 0.05) is 11.6 Å². The predicted molar refractivity (Wildman–Crippen MR) is 120 cm³/mol. The monoisotopic (exact) mass is 435 g/mol. The maximum atomic E-state index is 8.91. The normalized spacial score (nSPS) is 12.2. The summed E-state index contributed by atoms with van der Waals surface area (Å²) in [7, 11) is 1.59. The Morgan fingerprint density at radius 1 is 1.13 bits per heavy atom. The maximum absolute atomic E-state index is 8.91. The lowest BCUT2D eigenvalue weighted by Crippen LogP contribution is -2.41. The molecule has 1 unspecified atom stereocenters. The summed E-state index contributed by atoms with van der Waals surface area (Å²) < 4.78 is 16.7. The molecule has 30 heavy (non-hydrogen) atoms. The first kappa shape index (κ1) is 23.6. The summed E-state index contributed by atoms with van der Waals surface area (Å²) in [4.78, 5) is 4.63. The van der Waals surface area contributed by atoms with E-state index in [9.17, 15) is 0 Å². The van der Waals surface area contributed by atoms with E-state index in [-0.39, 0.29) is 19.3 Å². The largest absolute Gasteiger partial charge is 0.493 e. The number of aliphatic hydroxyl groups is 1.